The van der Waals surface area contributed by atoms with Crippen LogP contribution in [0.15, 0.2) is 24.4 Å². The number of primary amides is 2. The second kappa shape index (κ2) is 6.08. The molecule has 1 heterocycles. The lowest BCUT2D eigenvalue weighted by molar-refractivity contribution is -0.710. The number of fused-ring (bicyclic) bond motifs is 1. The fourth-order valence-corrected chi connectivity index (χ4v) is 3.76. The van der Waals surface area contributed by atoms with Gasteiger partial charge in [0.25, 0.3) is 5.09 Å². The van der Waals surface area contributed by atoms with Crippen LogP contribution in [-0.2, 0) is 10.2 Å². The second-order valence-electron chi connectivity index (χ2n) is 6.23. The molecule has 1 aliphatic carbocycles. The Morgan fingerprint density at radius 2 is 1.88 bits per heavy atom. The number of rotatable bonds is 4. The molecular weight excluding hydrogens is 328 g/mol. The lowest BCUT2D eigenvalue weighted by atomic mass is 9.69. The fraction of sp³-hybridized carbons (Fsp3) is 0.375. The van der Waals surface area contributed by atoms with Gasteiger partial charge in [0, 0.05) is 11.6 Å². The first-order valence-corrected chi connectivity index (χ1v) is 7.93. The van der Waals surface area contributed by atoms with Crippen molar-refractivity contribution in [3.05, 3.63) is 40.1 Å². The third kappa shape index (κ3) is 2.67. The van der Waals surface area contributed by atoms with Gasteiger partial charge in [-0.15, -0.1) is 10.1 Å². The summed E-state index contributed by atoms with van der Waals surface area (Å²) < 4.78 is 1.07. The van der Waals surface area contributed by atoms with Gasteiger partial charge in [0.2, 0.25) is 5.91 Å². The average molecular weight is 346 g/mol. The maximum absolute atomic E-state index is 12.3. The average Bonchev–Trinajstić information content (AvgIpc) is 2.96. The quantitative estimate of drug-likeness (QED) is 0.641. The van der Waals surface area contributed by atoms with Crippen molar-refractivity contribution in [2.75, 3.05) is 0 Å². The van der Waals surface area contributed by atoms with Crippen molar-refractivity contribution in [2.24, 2.45) is 11.5 Å². The molecule has 1 aliphatic rings. The van der Waals surface area contributed by atoms with Crippen LogP contribution >= 0.6 is 0 Å². The number of aromatic nitrogens is 1. The molecular formula is C16H18N4O5. The van der Waals surface area contributed by atoms with Gasteiger partial charge in [-0.1, -0.05) is 31.4 Å². The van der Waals surface area contributed by atoms with Crippen molar-refractivity contribution in [1.29, 1.82) is 0 Å². The Bertz CT molecular complexity index is 867. The van der Waals surface area contributed by atoms with Crippen LogP contribution in [0.3, 0.4) is 0 Å². The van der Waals surface area contributed by atoms with E-state index in [1.807, 2.05) is 0 Å². The summed E-state index contributed by atoms with van der Waals surface area (Å²) in [5.74, 6) is -0.598. The molecule has 0 spiro atoms. The first kappa shape index (κ1) is 16.7. The van der Waals surface area contributed by atoms with Gasteiger partial charge >= 0.3 is 6.03 Å². The number of nitrogens with zero attached hydrogens (tertiary/aromatic N) is 2. The predicted molar refractivity (Wildman–Crippen MR) is 88.5 cm³/mol. The molecule has 1 aromatic carbocycles. The van der Waals surface area contributed by atoms with E-state index in [1.54, 1.807) is 12.1 Å². The lowest BCUT2D eigenvalue weighted by Crippen LogP contribution is -2.42. The topological polar surface area (TPSA) is 143 Å². The molecule has 0 saturated heterocycles. The first-order chi connectivity index (χ1) is 11.9. The van der Waals surface area contributed by atoms with Crippen molar-refractivity contribution < 1.29 is 19.5 Å². The highest BCUT2D eigenvalue weighted by Crippen LogP contribution is 2.44. The Hall–Kier alpha value is -3.10. The number of amides is 2. The molecule has 2 aromatic rings. The molecule has 4 N–H and O–H groups in total. The number of hydrogen-bond acceptors (Lipinski definition) is 5. The third-order valence-electron chi connectivity index (χ3n) is 4.89. The summed E-state index contributed by atoms with van der Waals surface area (Å²) in [6.07, 6.45) is 5.23. The maximum atomic E-state index is 12.3. The van der Waals surface area contributed by atoms with E-state index < -0.39 is 22.4 Å². The number of benzene rings is 1. The lowest BCUT2D eigenvalue weighted by Gasteiger charge is -2.34. The van der Waals surface area contributed by atoms with Gasteiger partial charge in [-0.05, 0) is 24.5 Å². The summed E-state index contributed by atoms with van der Waals surface area (Å²) in [6.45, 7) is 0. The summed E-state index contributed by atoms with van der Waals surface area (Å²) in [4.78, 5) is 39.5. The van der Waals surface area contributed by atoms with Crippen LogP contribution in [0, 0.1) is 10.1 Å². The highest BCUT2D eigenvalue weighted by atomic mass is 17.0. The Morgan fingerprint density at radius 3 is 2.44 bits per heavy atom. The normalized spacial score (nSPS) is 16.5. The van der Waals surface area contributed by atoms with Crippen molar-refractivity contribution >= 4 is 22.8 Å². The molecule has 0 bridgehead atoms. The summed E-state index contributed by atoms with van der Waals surface area (Å²) in [6, 6.07) is 3.78. The molecule has 9 nitrogen and oxygen atoms in total. The highest BCUT2D eigenvalue weighted by molar-refractivity contribution is 6.01. The van der Waals surface area contributed by atoms with Gasteiger partial charge in [-0.2, -0.15) is 0 Å². The molecule has 132 valence electrons. The van der Waals surface area contributed by atoms with Crippen LogP contribution in [-0.4, -0.2) is 21.6 Å². The standard InChI is InChI=1S/C16H18N4O5/c17-14(21)16(7-2-1-3-8-16)11-9-19(15(18)22)13-10(11)5-4-6-12(13)25-20(23)24/h4-6,9H,1-3,7-8H2,(H2,17,21)(H2,18,22). The Labute approximate surface area is 142 Å². The van der Waals surface area contributed by atoms with E-state index in [1.165, 1.54) is 12.3 Å². The number of nitrogens with two attached hydrogens (primary N) is 2. The molecule has 0 unspecified atom stereocenters. The molecule has 1 saturated carbocycles. The maximum Gasteiger partial charge on any atom is 0.323 e. The third-order valence-corrected chi connectivity index (χ3v) is 4.89. The fourth-order valence-electron chi connectivity index (χ4n) is 3.76. The Kier molecular flexibility index (Phi) is 4.07. The molecule has 3 rings (SSSR count). The van der Waals surface area contributed by atoms with E-state index in [4.69, 9.17) is 11.5 Å². The van der Waals surface area contributed by atoms with Gasteiger partial charge in [-0.3, -0.25) is 14.2 Å². The van der Waals surface area contributed by atoms with Gasteiger partial charge < -0.3 is 11.5 Å². The zero-order valence-electron chi connectivity index (χ0n) is 13.4. The van der Waals surface area contributed by atoms with Crippen molar-refractivity contribution in [3.63, 3.8) is 0 Å². The minimum atomic E-state index is -0.961. The van der Waals surface area contributed by atoms with Crippen LogP contribution in [0.25, 0.3) is 10.9 Å². The largest absolute Gasteiger partial charge is 0.369 e. The van der Waals surface area contributed by atoms with Crippen LogP contribution in [0.1, 0.15) is 37.7 Å². The van der Waals surface area contributed by atoms with Crippen molar-refractivity contribution in [3.8, 4) is 5.75 Å². The van der Waals surface area contributed by atoms with E-state index in [2.05, 4.69) is 4.84 Å². The molecule has 0 atom stereocenters. The monoisotopic (exact) mass is 346 g/mol. The molecule has 1 aromatic heterocycles. The van der Waals surface area contributed by atoms with Crippen molar-refractivity contribution in [2.45, 2.75) is 37.5 Å². The molecule has 1 fully saturated rings. The van der Waals surface area contributed by atoms with Crippen LogP contribution in [0.4, 0.5) is 4.79 Å². The number of carbonyl (C=O) groups is 2. The van der Waals surface area contributed by atoms with E-state index in [0.717, 1.165) is 23.8 Å². The van der Waals surface area contributed by atoms with Gasteiger partial charge in [-0.25, -0.2) is 4.79 Å². The minimum Gasteiger partial charge on any atom is -0.369 e. The van der Waals surface area contributed by atoms with E-state index in [-0.39, 0.29) is 11.3 Å². The molecule has 0 radical (unpaired) electrons. The minimum absolute atomic E-state index is 0.122. The van der Waals surface area contributed by atoms with Crippen molar-refractivity contribution in [1.82, 2.24) is 4.57 Å². The Balaban J connectivity index is 2.31. The van der Waals surface area contributed by atoms with Gasteiger partial charge in [0.1, 0.15) is 5.75 Å². The smallest absolute Gasteiger partial charge is 0.323 e. The zero-order chi connectivity index (χ0) is 18.2. The van der Waals surface area contributed by atoms with Crippen LogP contribution in [0.2, 0.25) is 0 Å². The van der Waals surface area contributed by atoms with Gasteiger partial charge in [0.15, 0.2) is 0 Å². The van der Waals surface area contributed by atoms with Crippen LogP contribution in [0.5, 0.6) is 5.75 Å². The first-order valence-electron chi connectivity index (χ1n) is 7.93. The highest BCUT2D eigenvalue weighted by Gasteiger charge is 2.42. The Morgan fingerprint density at radius 1 is 1.20 bits per heavy atom. The number of hydrogen-bond donors (Lipinski definition) is 2. The molecule has 0 aliphatic heterocycles. The second-order valence-corrected chi connectivity index (χ2v) is 6.23. The van der Waals surface area contributed by atoms with Gasteiger partial charge in [0.05, 0.1) is 10.9 Å². The SMILES string of the molecule is NC(=O)n1cc(C2(C(N)=O)CCCCC2)c2cccc(O[N+](=O)[O-])c21. The van der Waals surface area contributed by atoms with E-state index in [0.29, 0.717) is 23.8 Å². The molecule has 9 heteroatoms. The zero-order valence-corrected chi connectivity index (χ0v) is 13.4. The predicted octanol–water partition coefficient (Wildman–Crippen LogP) is 1.83. The molecule has 25 heavy (non-hydrogen) atoms. The number of carbonyl (C=O) groups excluding carboxylic acids is 2. The summed E-state index contributed by atoms with van der Waals surface area (Å²) in [5.41, 5.74) is 10.9. The summed E-state index contributed by atoms with van der Waals surface area (Å²) in [7, 11) is 0. The summed E-state index contributed by atoms with van der Waals surface area (Å²) >= 11 is 0. The summed E-state index contributed by atoms with van der Waals surface area (Å²) in [5, 5.41) is 10.3. The van der Waals surface area contributed by atoms with E-state index in [9.17, 15) is 19.7 Å². The van der Waals surface area contributed by atoms with E-state index >= 15 is 0 Å². The molecule has 2 amide bonds. The van der Waals surface area contributed by atoms with Crippen LogP contribution < -0.4 is 16.3 Å². The number of para-hydroxylation sites is 1.